The molecular weight excluding hydrogens is 330 g/mol. The maximum atomic E-state index is 11.2. The number of ether oxygens (including phenoxy) is 2. The monoisotopic (exact) mass is 345 g/mol. The average Bonchev–Trinajstić information content (AvgIpc) is 2.41. The van der Waals surface area contributed by atoms with Gasteiger partial charge < -0.3 is 14.6 Å². The van der Waals surface area contributed by atoms with E-state index in [2.05, 4.69) is 15.9 Å². The summed E-state index contributed by atoms with van der Waals surface area (Å²) in [5.41, 5.74) is 0.277. The Labute approximate surface area is 125 Å². The summed E-state index contributed by atoms with van der Waals surface area (Å²) in [6.07, 6.45) is 0.404. The summed E-state index contributed by atoms with van der Waals surface area (Å²) in [5.74, 6) is 0.153. The fraction of sp³-hybridized carbons (Fsp3) is 0.538. The molecule has 1 aliphatic heterocycles. The normalized spacial score (nSPS) is 17.8. The molecule has 1 heterocycles. The number of aliphatic hydroxyl groups is 1. The van der Waals surface area contributed by atoms with Crippen LogP contribution in [0.2, 0.25) is 0 Å². The van der Waals surface area contributed by atoms with Crippen molar-refractivity contribution in [3.8, 4) is 5.75 Å². The number of nitrogens with zero attached hydrogens (tertiary/aromatic N) is 1. The van der Waals surface area contributed by atoms with Crippen LogP contribution in [0.25, 0.3) is 0 Å². The number of nitro groups is 1. The second-order valence-electron chi connectivity index (χ2n) is 4.71. The molecule has 1 aromatic carbocycles. The first-order chi connectivity index (χ1) is 9.49. The van der Waals surface area contributed by atoms with Crippen LogP contribution < -0.4 is 4.74 Å². The van der Waals surface area contributed by atoms with Gasteiger partial charge in [-0.3, -0.25) is 10.1 Å². The van der Waals surface area contributed by atoms with Crippen molar-refractivity contribution in [2.45, 2.75) is 32.0 Å². The van der Waals surface area contributed by atoms with Gasteiger partial charge in [0.15, 0.2) is 0 Å². The van der Waals surface area contributed by atoms with Crippen LogP contribution in [0.4, 0.5) is 5.69 Å². The summed E-state index contributed by atoms with van der Waals surface area (Å²) < 4.78 is 11.6. The molecule has 7 heteroatoms. The molecule has 2 rings (SSSR count). The van der Waals surface area contributed by atoms with Gasteiger partial charge in [0.25, 0.3) is 0 Å². The van der Waals surface area contributed by atoms with E-state index in [-0.39, 0.29) is 17.5 Å². The Balaban J connectivity index is 2.38. The van der Waals surface area contributed by atoms with Crippen LogP contribution in [0.15, 0.2) is 16.6 Å². The number of halogens is 1. The van der Waals surface area contributed by atoms with E-state index in [0.717, 1.165) is 0 Å². The van der Waals surface area contributed by atoms with Gasteiger partial charge in [-0.1, -0.05) is 15.9 Å². The minimum atomic E-state index is -0.846. The van der Waals surface area contributed by atoms with Crippen LogP contribution in [0, 0.1) is 10.1 Å². The SMILES string of the molecule is C[C@H](O)c1cc(Br)cc([N+](=O)[O-])c1OC1CCOCC1. The second-order valence-corrected chi connectivity index (χ2v) is 5.62. The highest BCUT2D eigenvalue weighted by Crippen LogP contribution is 2.39. The van der Waals surface area contributed by atoms with Crippen molar-refractivity contribution in [1.82, 2.24) is 0 Å². The summed E-state index contributed by atoms with van der Waals surface area (Å²) in [5, 5.41) is 21.0. The molecule has 0 aliphatic carbocycles. The predicted octanol–water partition coefficient (Wildman–Crippen LogP) is 2.97. The van der Waals surface area contributed by atoms with Gasteiger partial charge in [0.1, 0.15) is 6.10 Å². The number of rotatable bonds is 4. The molecule has 1 N–H and O–H groups in total. The lowest BCUT2D eigenvalue weighted by molar-refractivity contribution is -0.386. The van der Waals surface area contributed by atoms with Crippen molar-refractivity contribution in [3.05, 3.63) is 32.3 Å². The quantitative estimate of drug-likeness (QED) is 0.670. The van der Waals surface area contributed by atoms with Gasteiger partial charge in [0.2, 0.25) is 5.75 Å². The third-order valence-corrected chi connectivity index (χ3v) is 3.62. The first-order valence-electron chi connectivity index (χ1n) is 6.39. The predicted molar refractivity (Wildman–Crippen MR) is 75.9 cm³/mol. The molecular formula is C13H16BrNO5. The molecule has 0 amide bonds. The Bertz CT molecular complexity index is 500. The molecule has 1 saturated heterocycles. The highest BCUT2D eigenvalue weighted by atomic mass is 79.9. The van der Waals surface area contributed by atoms with Gasteiger partial charge in [0.05, 0.1) is 24.2 Å². The fourth-order valence-corrected chi connectivity index (χ4v) is 2.60. The summed E-state index contributed by atoms with van der Waals surface area (Å²) in [4.78, 5) is 10.7. The lowest BCUT2D eigenvalue weighted by Crippen LogP contribution is -2.26. The van der Waals surface area contributed by atoms with E-state index >= 15 is 0 Å². The topological polar surface area (TPSA) is 81.8 Å². The highest BCUT2D eigenvalue weighted by molar-refractivity contribution is 9.10. The van der Waals surface area contributed by atoms with Gasteiger partial charge in [-0.15, -0.1) is 0 Å². The largest absolute Gasteiger partial charge is 0.483 e. The van der Waals surface area contributed by atoms with E-state index in [0.29, 0.717) is 36.1 Å². The summed E-state index contributed by atoms with van der Waals surface area (Å²) in [6.45, 7) is 2.72. The minimum Gasteiger partial charge on any atom is -0.483 e. The molecule has 1 aliphatic rings. The number of nitro benzene ring substituents is 1. The zero-order valence-corrected chi connectivity index (χ0v) is 12.6. The third-order valence-electron chi connectivity index (χ3n) is 3.16. The summed E-state index contributed by atoms with van der Waals surface area (Å²) in [7, 11) is 0. The van der Waals surface area contributed by atoms with Crippen LogP contribution >= 0.6 is 15.9 Å². The number of benzene rings is 1. The zero-order valence-electron chi connectivity index (χ0n) is 11.0. The van der Waals surface area contributed by atoms with Crippen molar-refractivity contribution in [2.24, 2.45) is 0 Å². The fourth-order valence-electron chi connectivity index (χ4n) is 2.13. The van der Waals surface area contributed by atoms with Gasteiger partial charge in [0, 0.05) is 28.9 Å². The summed E-state index contributed by atoms with van der Waals surface area (Å²) in [6, 6.07) is 3.03. The van der Waals surface area contributed by atoms with Crippen LogP contribution in [0.3, 0.4) is 0 Å². The van der Waals surface area contributed by atoms with Crippen LogP contribution in [-0.2, 0) is 4.74 Å². The second kappa shape index (κ2) is 6.51. The Morgan fingerprint density at radius 2 is 2.15 bits per heavy atom. The Morgan fingerprint density at radius 3 is 2.70 bits per heavy atom. The summed E-state index contributed by atoms with van der Waals surface area (Å²) >= 11 is 3.22. The van der Waals surface area contributed by atoms with Gasteiger partial charge in [-0.2, -0.15) is 0 Å². The number of hydrogen-bond donors (Lipinski definition) is 1. The highest BCUT2D eigenvalue weighted by Gasteiger charge is 2.26. The molecule has 0 aromatic heterocycles. The Hall–Kier alpha value is -1.18. The molecule has 0 saturated carbocycles. The molecule has 110 valence electrons. The zero-order chi connectivity index (χ0) is 14.7. The average molecular weight is 346 g/mol. The molecule has 0 bridgehead atoms. The maximum absolute atomic E-state index is 11.2. The Kier molecular flexibility index (Phi) is 4.95. The van der Waals surface area contributed by atoms with E-state index < -0.39 is 11.0 Å². The van der Waals surface area contributed by atoms with Crippen molar-refractivity contribution in [3.63, 3.8) is 0 Å². The van der Waals surface area contributed by atoms with E-state index in [1.807, 2.05) is 0 Å². The molecule has 1 fully saturated rings. The minimum absolute atomic E-state index is 0.124. The molecule has 20 heavy (non-hydrogen) atoms. The molecule has 6 nitrogen and oxygen atoms in total. The van der Waals surface area contributed by atoms with Crippen molar-refractivity contribution in [1.29, 1.82) is 0 Å². The standard InChI is InChI=1S/C13H16BrNO5/c1-8(16)11-6-9(14)7-12(15(17)18)13(11)20-10-2-4-19-5-3-10/h6-8,10,16H,2-5H2,1H3/t8-/m0/s1. The van der Waals surface area contributed by atoms with Crippen molar-refractivity contribution in [2.75, 3.05) is 13.2 Å². The molecule has 0 radical (unpaired) electrons. The van der Waals surface area contributed by atoms with Crippen molar-refractivity contribution >= 4 is 21.6 Å². The smallest absolute Gasteiger partial charge is 0.312 e. The maximum Gasteiger partial charge on any atom is 0.312 e. The molecule has 0 spiro atoms. The van der Waals surface area contributed by atoms with Crippen LogP contribution in [-0.4, -0.2) is 29.3 Å². The first kappa shape index (κ1) is 15.2. The van der Waals surface area contributed by atoms with E-state index in [1.165, 1.54) is 6.07 Å². The van der Waals surface area contributed by atoms with E-state index in [1.54, 1.807) is 13.0 Å². The number of aliphatic hydroxyl groups excluding tert-OH is 1. The number of hydrogen-bond acceptors (Lipinski definition) is 5. The van der Waals surface area contributed by atoms with Gasteiger partial charge in [-0.05, 0) is 13.0 Å². The Morgan fingerprint density at radius 1 is 1.50 bits per heavy atom. The molecule has 0 unspecified atom stereocenters. The van der Waals surface area contributed by atoms with Crippen LogP contribution in [0.1, 0.15) is 31.4 Å². The van der Waals surface area contributed by atoms with E-state index in [9.17, 15) is 15.2 Å². The lowest BCUT2D eigenvalue weighted by Gasteiger charge is -2.25. The van der Waals surface area contributed by atoms with Gasteiger partial charge in [-0.25, -0.2) is 0 Å². The molecule has 1 aromatic rings. The van der Waals surface area contributed by atoms with E-state index in [4.69, 9.17) is 9.47 Å². The first-order valence-corrected chi connectivity index (χ1v) is 7.18. The van der Waals surface area contributed by atoms with Gasteiger partial charge >= 0.3 is 5.69 Å². The third kappa shape index (κ3) is 3.47. The van der Waals surface area contributed by atoms with Crippen molar-refractivity contribution < 1.29 is 19.5 Å². The lowest BCUT2D eigenvalue weighted by atomic mass is 10.1. The molecule has 1 atom stereocenters. The van der Waals surface area contributed by atoms with Crippen LogP contribution in [0.5, 0.6) is 5.75 Å².